The average Bonchev–Trinajstić information content (AvgIpc) is 2.76. The van der Waals surface area contributed by atoms with Gasteiger partial charge in [0.15, 0.2) is 0 Å². The van der Waals surface area contributed by atoms with Gasteiger partial charge in [-0.3, -0.25) is 10.1 Å². The van der Waals surface area contributed by atoms with Crippen LogP contribution >= 0.6 is 0 Å². The fraction of sp³-hybridized carbons (Fsp3) is 0.583. The van der Waals surface area contributed by atoms with E-state index in [1.807, 2.05) is 13.8 Å². The molecule has 1 amide bonds. The van der Waals surface area contributed by atoms with E-state index >= 15 is 0 Å². The van der Waals surface area contributed by atoms with Gasteiger partial charge in [0.1, 0.15) is 0 Å². The minimum absolute atomic E-state index is 0.104. The molecule has 0 bridgehead atoms. The minimum atomic E-state index is -0.527. The van der Waals surface area contributed by atoms with Gasteiger partial charge in [-0.15, -0.1) is 0 Å². The second-order valence-electron chi connectivity index (χ2n) is 4.69. The van der Waals surface area contributed by atoms with Gasteiger partial charge in [0.25, 0.3) is 0 Å². The first kappa shape index (κ1) is 12.8. The molecule has 1 aliphatic heterocycles. The Kier molecular flexibility index (Phi) is 3.47. The molecule has 1 unspecified atom stereocenters. The van der Waals surface area contributed by atoms with Crippen LogP contribution in [0.4, 0.5) is 5.95 Å². The lowest BCUT2D eigenvalue weighted by Gasteiger charge is -2.22. The summed E-state index contributed by atoms with van der Waals surface area (Å²) < 4.78 is 5.05. The van der Waals surface area contributed by atoms with E-state index in [4.69, 9.17) is 4.74 Å². The first-order valence-corrected chi connectivity index (χ1v) is 6.00. The molecule has 0 aliphatic carbocycles. The van der Waals surface area contributed by atoms with Gasteiger partial charge in [0.05, 0.1) is 12.6 Å². The Hall–Kier alpha value is -1.69. The summed E-state index contributed by atoms with van der Waals surface area (Å²) in [5, 5.41) is 5.93. The highest BCUT2D eigenvalue weighted by molar-refractivity contribution is 5.96. The van der Waals surface area contributed by atoms with Crippen LogP contribution in [0.5, 0.6) is 5.88 Å². The van der Waals surface area contributed by atoms with Crippen molar-refractivity contribution in [2.24, 2.45) is 0 Å². The smallest absolute Gasteiger partial charge is 0.246 e. The number of methoxy groups -OCH3 is 1. The molecule has 1 fully saturated rings. The third-order valence-electron chi connectivity index (χ3n) is 3.14. The summed E-state index contributed by atoms with van der Waals surface area (Å²) in [7, 11) is 1.53. The first-order valence-electron chi connectivity index (χ1n) is 6.00. The van der Waals surface area contributed by atoms with Crippen molar-refractivity contribution in [3.05, 3.63) is 11.8 Å². The third-order valence-corrected chi connectivity index (χ3v) is 3.14. The SMILES string of the molecule is COc1cc(C)nc(NC(=O)C2(C)CCCN2)n1. The molecule has 0 radical (unpaired) electrons. The Morgan fingerprint density at radius 1 is 1.56 bits per heavy atom. The van der Waals surface area contributed by atoms with Gasteiger partial charge in [0, 0.05) is 11.8 Å². The molecule has 0 spiro atoms. The van der Waals surface area contributed by atoms with Crippen LogP contribution in [-0.2, 0) is 4.79 Å². The monoisotopic (exact) mass is 250 g/mol. The van der Waals surface area contributed by atoms with Crippen molar-refractivity contribution >= 4 is 11.9 Å². The molecular weight excluding hydrogens is 232 g/mol. The molecular formula is C12H18N4O2. The molecule has 98 valence electrons. The van der Waals surface area contributed by atoms with Crippen molar-refractivity contribution < 1.29 is 9.53 Å². The van der Waals surface area contributed by atoms with E-state index in [0.29, 0.717) is 5.88 Å². The largest absolute Gasteiger partial charge is 0.481 e. The number of rotatable bonds is 3. The summed E-state index contributed by atoms with van der Waals surface area (Å²) in [6.45, 7) is 4.58. The standard InChI is InChI=1S/C12H18N4O2/c1-8-7-9(18-3)15-11(14-8)16-10(17)12(2)5-4-6-13-12/h7,13H,4-6H2,1-3H3,(H,14,15,16,17). The number of aromatic nitrogens is 2. The number of amides is 1. The number of nitrogens with one attached hydrogen (secondary N) is 2. The number of hydrogen-bond donors (Lipinski definition) is 2. The van der Waals surface area contributed by atoms with Gasteiger partial charge < -0.3 is 10.1 Å². The Labute approximate surface area is 106 Å². The Balaban J connectivity index is 2.13. The second kappa shape index (κ2) is 4.89. The quantitative estimate of drug-likeness (QED) is 0.832. The highest BCUT2D eigenvalue weighted by atomic mass is 16.5. The lowest BCUT2D eigenvalue weighted by Crippen LogP contribution is -2.48. The zero-order valence-electron chi connectivity index (χ0n) is 10.9. The minimum Gasteiger partial charge on any atom is -0.481 e. The molecule has 1 aromatic heterocycles. The van der Waals surface area contributed by atoms with Crippen LogP contribution in [0.15, 0.2) is 6.07 Å². The van der Waals surface area contributed by atoms with Gasteiger partial charge in [-0.25, -0.2) is 4.98 Å². The van der Waals surface area contributed by atoms with Crippen molar-refractivity contribution in [3.8, 4) is 5.88 Å². The zero-order valence-corrected chi connectivity index (χ0v) is 10.9. The maximum Gasteiger partial charge on any atom is 0.246 e. The Morgan fingerprint density at radius 2 is 2.33 bits per heavy atom. The maximum atomic E-state index is 12.2. The maximum absolute atomic E-state index is 12.2. The summed E-state index contributed by atoms with van der Waals surface area (Å²) >= 11 is 0. The van der Waals surface area contributed by atoms with E-state index in [-0.39, 0.29) is 11.9 Å². The predicted octanol–water partition coefficient (Wildman–Crippen LogP) is 0.874. The second-order valence-corrected chi connectivity index (χ2v) is 4.69. The first-order chi connectivity index (χ1) is 8.53. The number of carbonyl (C=O) groups is 1. The highest BCUT2D eigenvalue weighted by Crippen LogP contribution is 2.20. The van der Waals surface area contributed by atoms with Gasteiger partial charge in [-0.1, -0.05) is 0 Å². The molecule has 2 heterocycles. The summed E-state index contributed by atoms with van der Waals surface area (Å²) in [5.74, 6) is 0.627. The van der Waals surface area contributed by atoms with Crippen molar-refractivity contribution in [2.45, 2.75) is 32.2 Å². The van der Waals surface area contributed by atoms with E-state index in [1.165, 1.54) is 7.11 Å². The number of ether oxygens (including phenoxy) is 1. The number of aryl methyl sites for hydroxylation is 1. The molecule has 1 aliphatic rings. The van der Waals surface area contributed by atoms with Crippen LogP contribution in [0.25, 0.3) is 0 Å². The van der Waals surface area contributed by atoms with E-state index in [9.17, 15) is 4.79 Å². The van der Waals surface area contributed by atoms with Crippen LogP contribution in [0.3, 0.4) is 0 Å². The summed E-state index contributed by atoms with van der Waals surface area (Å²) in [6, 6.07) is 1.71. The van der Waals surface area contributed by atoms with Crippen LogP contribution in [-0.4, -0.2) is 35.1 Å². The molecule has 1 aromatic rings. The molecule has 1 atom stereocenters. The number of nitrogens with zero attached hydrogens (tertiary/aromatic N) is 2. The van der Waals surface area contributed by atoms with Crippen molar-refractivity contribution in [2.75, 3.05) is 19.0 Å². The average molecular weight is 250 g/mol. The van der Waals surface area contributed by atoms with Crippen LogP contribution in [0.1, 0.15) is 25.5 Å². The van der Waals surface area contributed by atoms with E-state index in [1.54, 1.807) is 6.07 Å². The molecule has 0 aromatic carbocycles. The lowest BCUT2D eigenvalue weighted by molar-refractivity contribution is -0.121. The molecule has 18 heavy (non-hydrogen) atoms. The normalized spacial score (nSPS) is 22.8. The summed E-state index contributed by atoms with van der Waals surface area (Å²) in [5.41, 5.74) is 0.224. The number of anilines is 1. The fourth-order valence-corrected chi connectivity index (χ4v) is 2.03. The molecule has 2 rings (SSSR count). The molecule has 6 heteroatoms. The predicted molar refractivity (Wildman–Crippen MR) is 67.6 cm³/mol. The number of hydrogen-bond acceptors (Lipinski definition) is 5. The van der Waals surface area contributed by atoms with Crippen molar-refractivity contribution in [1.82, 2.24) is 15.3 Å². The third kappa shape index (κ3) is 2.59. The van der Waals surface area contributed by atoms with Gasteiger partial charge in [-0.05, 0) is 33.2 Å². The molecule has 2 N–H and O–H groups in total. The van der Waals surface area contributed by atoms with Gasteiger partial charge in [-0.2, -0.15) is 4.98 Å². The Bertz CT molecular complexity index is 455. The zero-order chi connectivity index (χ0) is 13.2. The summed E-state index contributed by atoms with van der Waals surface area (Å²) in [6.07, 6.45) is 1.82. The molecule has 1 saturated heterocycles. The van der Waals surface area contributed by atoms with E-state index in [2.05, 4.69) is 20.6 Å². The Morgan fingerprint density at radius 3 is 2.94 bits per heavy atom. The number of carbonyl (C=O) groups excluding carboxylic acids is 1. The lowest BCUT2D eigenvalue weighted by atomic mass is 9.99. The topological polar surface area (TPSA) is 76.1 Å². The fourth-order valence-electron chi connectivity index (χ4n) is 2.03. The van der Waals surface area contributed by atoms with E-state index in [0.717, 1.165) is 25.1 Å². The van der Waals surface area contributed by atoms with Crippen LogP contribution < -0.4 is 15.4 Å². The van der Waals surface area contributed by atoms with Crippen LogP contribution in [0.2, 0.25) is 0 Å². The van der Waals surface area contributed by atoms with Gasteiger partial charge in [0.2, 0.25) is 17.7 Å². The van der Waals surface area contributed by atoms with Crippen molar-refractivity contribution in [1.29, 1.82) is 0 Å². The van der Waals surface area contributed by atoms with E-state index < -0.39 is 5.54 Å². The van der Waals surface area contributed by atoms with Crippen LogP contribution in [0, 0.1) is 6.92 Å². The highest BCUT2D eigenvalue weighted by Gasteiger charge is 2.36. The van der Waals surface area contributed by atoms with Gasteiger partial charge >= 0.3 is 0 Å². The summed E-state index contributed by atoms with van der Waals surface area (Å²) in [4.78, 5) is 20.4. The molecule has 6 nitrogen and oxygen atoms in total. The molecule has 0 saturated carbocycles. The van der Waals surface area contributed by atoms with Crippen molar-refractivity contribution in [3.63, 3.8) is 0 Å².